The molecule has 1 N–H and O–H groups in total. The van der Waals surface area contributed by atoms with Crippen LogP contribution in [-0.2, 0) is 0 Å². The van der Waals surface area contributed by atoms with Crippen molar-refractivity contribution in [2.45, 2.75) is 56.7 Å². The van der Waals surface area contributed by atoms with Crippen LogP contribution in [0.5, 0.6) is 0 Å². The van der Waals surface area contributed by atoms with Crippen molar-refractivity contribution in [2.75, 3.05) is 32.7 Å². The maximum Gasteiger partial charge on any atom is 0.0137 e. The molecule has 4 fully saturated rings. The van der Waals surface area contributed by atoms with Gasteiger partial charge in [0.1, 0.15) is 0 Å². The summed E-state index contributed by atoms with van der Waals surface area (Å²) in [6, 6.07) is 2.77. The van der Waals surface area contributed by atoms with Crippen LogP contribution in [0.2, 0.25) is 0 Å². The highest BCUT2D eigenvalue weighted by molar-refractivity contribution is 4.95. The third-order valence-corrected chi connectivity index (χ3v) is 5.50. The van der Waals surface area contributed by atoms with Crippen molar-refractivity contribution in [3.8, 4) is 0 Å². The highest BCUT2D eigenvalue weighted by Crippen LogP contribution is 2.34. The Balaban J connectivity index is 1.23. The van der Waals surface area contributed by atoms with E-state index in [1.165, 1.54) is 71.2 Å². The van der Waals surface area contributed by atoms with E-state index in [-0.39, 0.29) is 0 Å². The van der Waals surface area contributed by atoms with Gasteiger partial charge in [-0.3, -0.25) is 9.80 Å². The Bertz CT molecular complexity index is 290. The minimum Gasteiger partial charge on any atom is -0.314 e. The SMILES string of the molecule is C1CC1NCC1CCC1N1CCN(C2CC2)CC1. The highest BCUT2D eigenvalue weighted by Gasteiger charge is 2.39. The Kier molecular flexibility index (Phi) is 3.10. The van der Waals surface area contributed by atoms with E-state index >= 15 is 0 Å². The van der Waals surface area contributed by atoms with Crippen molar-refractivity contribution < 1.29 is 0 Å². The second kappa shape index (κ2) is 4.77. The zero-order valence-corrected chi connectivity index (χ0v) is 11.5. The Hall–Kier alpha value is -0.120. The molecule has 102 valence electrons. The van der Waals surface area contributed by atoms with Gasteiger partial charge in [-0.2, -0.15) is 0 Å². The molecule has 3 nitrogen and oxygen atoms in total. The summed E-state index contributed by atoms with van der Waals surface area (Å²) < 4.78 is 0. The third-order valence-electron chi connectivity index (χ3n) is 5.50. The van der Waals surface area contributed by atoms with E-state index in [4.69, 9.17) is 0 Å². The van der Waals surface area contributed by atoms with Crippen molar-refractivity contribution in [3.63, 3.8) is 0 Å². The van der Waals surface area contributed by atoms with Gasteiger partial charge in [-0.15, -0.1) is 0 Å². The Morgan fingerprint density at radius 2 is 1.50 bits per heavy atom. The highest BCUT2D eigenvalue weighted by atomic mass is 15.3. The average molecular weight is 249 g/mol. The summed E-state index contributed by atoms with van der Waals surface area (Å²) >= 11 is 0. The van der Waals surface area contributed by atoms with E-state index in [9.17, 15) is 0 Å². The number of nitrogens with zero attached hydrogens (tertiary/aromatic N) is 2. The van der Waals surface area contributed by atoms with Crippen LogP contribution in [0, 0.1) is 5.92 Å². The Labute approximate surface area is 111 Å². The molecule has 2 atom stereocenters. The minimum absolute atomic E-state index is 0.887. The number of hydrogen-bond acceptors (Lipinski definition) is 3. The summed E-state index contributed by atoms with van der Waals surface area (Å²) in [5, 5.41) is 3.73. The number of rotatable bonds is 5. The van der Waals surface area contributed by atoms with Gasteiger partial charge in [-0.05, 0) is 51.0 Å². The molecule has 4 rings (SSSR count). The van der Waals surface area contributed by atoms with Crippen LogP contribution in [0.4, 0.5) is 0 Å². The second-order valence-corrected chi connectivity index (χ2v) is 6.89. The van der Waals surface area contributed by atoms with Crippen LogP contribution in [0.25, 0.3) is 0 Å². The first-order valence-corrected chi connectivity index (χ1v) is 8.11. The molecule has 2 unspecified atom stereocenters. The molecule has 3 saturated carbocycles. The van der Waals surface area contributed by atoms with Gasteiger partial charge in [0.25, 0.3) is 0 Å². The summed E-state index contributed by atoms with van der Waals surface area (Å²) in [7, 11) is 0. The normalized spacial score (nSPS) is 38.7. The van der Waals surface area contributed by atoms with Gasteiger partial charge in [0.15, 0.2) is 0 Å². The van der Waals surface area contributed by atoms with Crippen LogP contribution in [0.15, 0.2) is 0 Å². The van der Waals surface area contributed by atoms with Crippen molar-refractivity contribution in [2.24, 2.45) is 5.92 Å². The Morgan fingerprint density at radius 1 is 0.778 bits per heavy atom. The third kappa shape index (κ3) is 2.45. The molecular formula is C15H27N3. The number of nitrogens with one attached hydrogen (secondary N) is 1. The van der Waals surface area contributed by atoms with Crippen molar-refractivity contribution in [1.82, 2.24) is 15.1 Å². The molecule has 1 aliphatic heterocycles. The minimum atomic E-state index is 0.887. The van der Waals surface area contributed by atoms with E-state index < -0.39 is 0 Å². The van der Waals surface area contributed by atoms with Gasteiger partial charge in [0.2, 0.25) is 0 Å². The maximum absolute atomic E-state index is 3.73. The van der Waals surface area contributed by atoms with Crippen molar-refractivity contribution in [1.29, 1.82) is 0 Å². The molecule has 3 heteroatoms. The lowest BCUT2D eigenvalue weighted by Crippen LogP contribution is -2.57. The van der Waals surface area contributed by atoms with Crippen molar-refractivity contribution >= 4 is 0 Å². The zero-order chi connectivity index (χ0) is 11.9. The summed E-state index contributed by atoms with van der Waals surface area (Å²) in [6.45, 7) is 6.63. The first-order valence-electron chi connectivity index (χ1n) is 8.11. The van der Waals surface area contributed by atoms with E-state index in [2.05, 4.69) is 15.1 Å². The standard InChI is InChI=1S/C15H27N3/c1-6-15(12(1)11-16-13-2-3-13)18-9-7-17(8-10-18)14-4-5-14/h12-16H,1-11H2. The van der Waals surface area contributed by atoms with Gasteiger partial charge in [-0.1, -0.05) is 0 Å². The molecule has 0 radical (unpaired) electrons. The topological polar surface area (TPSA) is 18.5 Å². The first kappa shape index (κ1) is 11.7. The summed E-state index contributed by atoms with van der Waals surface area (Å²) in [5.41, 5.74) is 0. The van der Waals surface area contributed by atoms with Crippen LogP contribution in [0.3, 0.4) is 0 Å². The van der Waals surface area contributed by atoms with Gasteiger partial charge < -0.3 is 5.32 Å². The quantitative estimate of drug-likeness (QED) is 0.792. The van der Waals surface area contributed by atoms with Gasteiger partial charge in [0, 0.05) is 44.3 Å². The molecule has 0 spiro atoms. The second-order valence-electron chi connectivity index (χ2n) is 6.89. The van der Waals surface area contributed by atoms with Gasteiger partial charge in [-0.25, -0.2) is 0 Å². The van der Waals surface area contributed by atoms with E-state index in [1.54, 1.807) is 0 Å². The predicted octanol–water partition coefficient (Wildman–Crippen LogP) is 1.30. The largest absolute Gasteiger partial charge is 0.314 e. The lowest BCUT2D eigenvalue weighted by molar-refractivity contribution is 0.0189. The zero-order valence-electron chi connectivity index (χ0n) is 11.5. The molecule has 1 heterocycles. The van der Waals surface area contributed by atoms with Crippen LogP contribution >= 0.6 is 0 Å². The van der Waals surface area contributed by atoms with Crippen LogP contribution < -0.4 is 5.32 Å². The van der Waals surface area contributed by atoms with Gasteiger partial charge >= 0.3 is 0 Å². The average Bonchev–Trinajstić information content (AvgIpc) is 3.23. The molecular weight excluding hydrogens is 222 g/mol. The summed E-state index contributed by atoms with van der Waals surface area (Å²) in [5.74, 6) is 0.957. The van der Waals surface area contributed by atoms with E-state index in [0.29, 0.717) is 0 Å². The fourth-order valence-electron chi connectivity index (χ4n) is 3.75. The number of hydrogen-bond donors (Lipinski definition) is 1. The fourth-order valence-corrected chi connectivity index (χ4v) is 3.75. The molecule has 3 aliphatic carbocycles. The van der Waals surface area contributed by atoms with Crippen LogP contribution in [-0.4, -0.2) is 60.6 Å². The fraction of sp³-hybridized carbons (Fsp3) is 1.00. The molecule has 18 heavy (non-hydrogen) atoms. The monoisotopic (exact) mass is 249 g/mol. The molecule has 0 bridgehead atoms. The van der Waals surface area contributed by atoms with Gasteiger partial charge in [0.05, 0.1) is 0 Å². The molecule has 0 aromatic heterocycles. The lowest BCUT2D eigenvalue weighted by atomic mass is 9.78. The summed E-state index contributed by atoms with van der Waals surface area (Å²) in [6.07, 6.45) is 8.72. The lowest BCUT2D eigenvalue weighted by Gasteiger charge is -2.48. The smallest absolute Gasteiger partial charge is 0.0137 e. The van der Waals surface area contributed by atoms with E-state index in [0.717, 1.165) is 24.0 Å². The Morgan fingerprint density at radius 3 is 2.06 bits per heavy atom. The first-order chi connectivity index (χ1) is 8.90. The molecule has 0 aromatic rings. The van der Waals surface area contributed by atoms with Crippen molar-refractivity contribution in [3.05, 3.63) is 0 Å². The maximum atomic E-state index is 3.73. The summed E-state index contributed by atoms with van der Waals surface area (Å²) in [4.78, 5) is 5.52. The number of piperazine rings is 1. The molecule has 1 saturated heterocycles. The predicted molar refractivity (Wildman–Crippen MR) is 73.7 cm³/mol. The molecule has 4 aliphatic rings. The molecule has 0 aromatic carbocycles. The van der Waals surface area contributed by atoms with Crippen LogP contribution in [0.1, 0.15) is 38.5 Å². The van der Waals surface area contributed by atoms with E-state index in [1.807, 2.05) is 0 Å². The molecule has 0 amide bonds.